The number of ether oxygens (including phenoxy) is 2. The van der Waals surface area contributed by atoms with Crippen molar-refractivity contribution in [3.63, 3.8) is 0 Å². The quantitative estimate of drug-likeness (QED) is 0.806. The molecule has 1 amide bonds. The minimum atomic E-state index is -0.0446. The summed E-state index contributed by atoms with van der Waals surface area (Å²) in [5.41, 5.74) is 0.701. The lowest BCUT2D eigenvalue weighted by atomic mass is 10.2. The third-order valence-corrected chi connectivity index (χ3v) is 4.03. The van der Waals surface area contributed by atoms with Gasteiger partial charge in [0.05, 0.1) is 13.5 Å². The molecule has 0 saturated carbocycles. The summed E-state index contributed by atoms with van der Waals surface area (Å²) in [6.07, 6.45) is 0.376. The molecule has 1 aromatic carbocycles. The molecule has 6 heteroatoms. The van der Waals surface area contributed by atoms with Crippen LogP contribution in [0.2, 0.25) is 0 Å². The van der Waals surface area contributed by atoms with Gasteiger partial charge in [0.15, 0.2) is 11.5 Å². The largest absolute Gasteiger partial charge is 0.493 e. The van der Waals surface area contributed by atoms with Crippen molar-refractivity contribution in [1.29, 1.82) is 0 Å². The molecule has 2 aromatic rings. The van der Waals surface area contributed by atoms with Gasteiger partial charge >= 0.3 is 0 Å². The highest BCUT2D eigenvalue weighted by atomic mass is 32.1. The van der Waals surface area contributed by atoms with Gasteiger partial charge < -0.3 is 19.7 Å². The molecule has 2 rings (SSSR count). The van der Waals surface area contributed by atoms with Crippen LogP contribution in [0, 0.1) is 0 Å². The van der Waals surface area contributed by atoms with Gasteiger partial charge in [0.2, 0.25) is 5.91 Å². The van der Waals surface area contributed by atoms with Crippen LogP contribution in [0.3, 0.4) is 0 Å². The molecular formula is C17H22N2O3S. The molecular weight excluding hydrogens is 312 g/mol. The number of carbonyl (C=O) groups excluding carboxylic acids is 1. The van der Waals surface area contributed by atoms with Crippen LogP contribution in [0.5, 0.6) is 11.5 Å². The molecule has 0 aliphatic rings. The van der Waals surface area contributed by atoms with Crippen LogP contribution in [-0.4, -0.2) is 45.2 Å². The molecule has 124 valence electrons. The minimum Gasteiger partial charge on any atom is -0.493 e. The van der Waals surface area contributed by atoms with Crippen LogP contribution in [0.15, 0.2) is 35.7 Å². The van der Waals surface area contributed by atoms with E-state index in [0.29, 0.717) is 30.2 Å². The fourth-order valence-electron chi connectivity index (χ4n) is 1.98. The zero-order chi connectivity index (χ0) is 16.7. The maximum Gasteiger partial charge on any atom is 0.229 e. The number of thiophene rings is 1. The topological polar surface area (TPSA) is 50.8 Å². The Morgan fingerprint density at radius 1 is 1.26 bits per heavy atom. The van der Waals surface area contributed by atoms with E-state index in [1.165, 1.54) is 0 Å². The molecule has 0 saturated heterocycles. The summed E-state index contributed by atoms with van der Waals surface area (Å²) in [5, 5.41) is 4.86. The zero-order valence-electron chi connectivity index (χ0n) is 13.7. The maximum absolute atomic E-state index is 12.1. The van der Waals surface area contributed by atoms with Crippen LogP contribution < -0.4 is 14.8 Å². The van der Waals surface area contributed by atoms with Gasteiger partial charge in [-0.2, -0.15) is 0 Å². The number of nitrogens with zero attached hydrogens (tertiary/aromatic N) is 1. The molecule has 23 heavy (non-hydrogen) atoms. The lowest BCUT2D eigenvalue weighted by molar-refractivity contribution is -0.115. The van der Waals surface area contributed by atoms with E-state index in [0.717, 1.165) is 11.4 Å². The summed E-state index contributed by atoms with van der Waals surface area (Å²) in [5.74, 6) is 1.24. The Hall–Kier alpha value is -2.05. The first-order valence-electron chi connectivity index (χ1n) is 7.36. The summed E-state index contributed by atoms with van der Waals surface area (Å²) in [4.78, 5) is 15.1. The predicted molar refractivity (Wildman–Crippen MR) is 93.7 cm³/mol. The standard InChI is InChI=1S/C17H22N2O3S/c1-19(2)8-9-22-16-11-13(6-7-15(16)21-3)18-17(20)12-14-5-4-10-23-14/h4-7,10-11H,8-9,12H2,1-3H3,(H,18,20). The van der Waals surface area contributed by atoms with E-state index in [1.807, 2.05) is 42.6 Å². The van der Waals surface area contributed by atoms with Crippen LogP contribution in [0.4, 0.5) is 5.69 Å². The van der Waals surface area contributed by atoms with Crippen LogP contribution >= 0.6 is 11.3 Å². The van der Waals surface area contributed by atoms with Gasteiger partial charge in [-0.25, -0.2) is 0 Å². The molecule has 1 N–H and O–H groups in total. The average molecular weight is 334 g/mol. The van der Waals surface area contributed by atoms with Crippen molar-refractivity contribution in [2.24, 2.45) is 0 Å². The molecule has 0 spiro atoms. The minimum absolute atomic E-state index is 0.0446. The first-order chi connectivity index (χ1) is 11.1. The molecule has 0 bridgehead atoms. The molecule has 0 radical (unpaired) electrons. The fourth-order valence-corrected chi connectivity index (χ4v) is 2.69. The molecule has 0 unspecified atom stereocenters. The van der Waals surface area contributed by atoms with Gasteiger partial charge in [0, 0.05) is 23.2 Å². The first kappa shape index (κ1) is 17.3. The smallest absolute Gasteiger partial charge is 0.229 e. The number of amides is 1. The van der Waals surface area contributed by atoms with Gasteiger partial charge in [-0.15, -0.1) is 11.3 Å². The lowest BCUT2D eigenvalue weighted by Crippen LogP contribution is -2.19. The molecule has 0 aliphatic carbocycles. The predicted octanol–water partition coefficient (Wildman–Crippen LogP) is 2.88. The second kappa shape index (κ2) is 8.55. The highest BCUT2D eigenvalue weighted by molar-refractivity contribution is 7.10. The third-order valence-electron chi connectivity index (χ3n) is 3.16. The molecule has 0 fully saturated rings. The van der Waals surface area contributed by atoms with Gasteiger partial charge in [-0.1, -0.05) is 6.07 Å². The lowest BCUT2D eigenvalue weighted by Gasteiger charge is -2.14. The Balaban J connectivity index is 1.99. The number of likely N-dealkylation sites (N-methyl/N-ethyl adjacent to an activating group) is 1. The Morgan fingerprint density at radius 3 is 2.74 bits per heavy atom. The van der Waals surface area contributed by atoms with Crippen LogP contribution in [-0.2, 0) is 11.2 Å². The monoisotopic (exact) mass is 334 g/mol. The molecule has 0 aliphatic heterocycles. The Kier molecular flexibility index (Phi) is 6.43. The summed E-state index contributed by atoms with van der Waals surface area (Å²) >= 11 is 1.57. The summed E-state index contributed by atoms with van der Waals surface area (Å²) in [6.45, 7) is 1.36. The van der Waals surface area contributed by atoms with Gasteiger partial charge in [-0.05, 0) is 37.7 Å². The number of hydrogen-bond acceptors (Lipinski definition) is 5. The van der Waals surface area contributed by atoms with Crippen molar-refractivity contribution < 1.29 is 14.3 Å². The molecule has 0 atom stereocenters. The van der Waals surface area contributed by atoms with E-state index >= 15 is 0 Å². The number of anilines is 1. The normalized spacial score (nSPS) is 10.6. The second-order valence-electron chi connectivity index (χ2n) is 5.32. The van der Waals surface area contributed by atoms with E-state index in [2.05, 4.69) is 5.32 Å². The number of hydrogen-bond donors (Lipinski definition) is 1. The fraction of sp³-hybridized carbons (Fsp3) is 0.353. The van der Waals surface area contributed by atoms with Crippen molar-refractivity contribution in [1.82, 2.24) is 4.90 Å². The van der Waals surface area contributed by atoms with Crippen LogP contribution in [0.1, 0.15) is 4.88 Å². The average Bonchev–Trinajstić information content (AvgIpc) is 3.00. The zero-order valence-corrected chi connectivity index (χ0v) is 14.5. The summed E-state index contributed by atoms with van der Waals surface area (Å²) in [6, 6.07) is 9.29. The first-order valence-corrected chi connectivity index (χ1v) is 8.24. The van der Waals surface area contributed by atoms with Crippen molar-refractivity contribution in [3.05, 3.63) is 40.6 Å². The Bertz CT molecular complexity index is 627. The van der Waals surface area contributed by atoms with E-state index in [-0.39, 0.29) is 5.91 Å². The number of carbonyl (C=O) groups is 1. The van der Waals surface area contributed by atoms with Crippen LogP contribution in [0.25, 0.3) is 0 Å². The number of methoxy groups -OCH3 is 1. The van der Waals surface area contributed by atoms with Crippen molar-refractivity contribution in [2.75, 3.05) is 39.7 Å². The second-order valence-corrected chi connectivity index (χ2v) is 6.35. The summed E-state index contributed by atoms with van der Waals surface area (Å²) < 4.78 is 11.0. The molecule has 1 heterocycles. The van der Waals surface area contributed by atoms with Gasteiger partial charge in [-0.3, -0.25) is 4.79 Å². The SMILES string of the molecule is COc1ccc(NC(=O)Cc2cccs2)cc1OCCN(C)C. The Labute approximate surface area is 140 Å². The van der Waals surface area contributed by atoms with Crippen molar-refractivity contribution in [2.45, 2.75) is 6.42 Å². The van der Waals surface area contributed by atoms with Gasteiger partial charge in [0.1, 0.15) is 6.61 Å². The Morgan fingerprint density at radius 2 is 2.09 bits per heavy atom. The van der Waals surface area contributed by atoms with E-state index in [1.54, 1.807) is 30.6 Å². The molecule has 1 aromatic heterocycles. The number of nitrogens with one attached hydrogen (secondary N) is 1. The van der Waals surface area contributed by atoms with E-state index < -0.39 is 0 Å². The number of rotatable bonds is 8. The van der Waals surface area contributed by atoms with Crippen molar-refractivity contribution in [3.8, 4) is 11.5 Å². The molecule has 5 nitrogen and oxygen atoms in total. The van der Waals surface area contributed by atoms with Gasteiger partial charge in [0.25, 0.3) is 0 Å². The maximum atomic E-state index is 12.1. The highest BCUT2D eigenvalue weighted by Gasteiger charge is 2.09. The third kappa shape index (κ3) is 5.58. The highest BCUT2D eigenvalue weighted by Crippen LogP contribution is 2.30. The van der Waals surface area contributed by atoms with E-state index in [9.17, 15) is 4.79 Å². The number of benzene rings is 1. The van der Waals surface area contributed by atoms with Crippen molar-refractivity contribution >= 4 is 22.9 Å². The summed E-state index contributed by atoms with van der Waals surface area (Å²) in [7, 11) is 5.58. The van der Waals surface area contributed by atoms with E-state index in [4.69, 9.17) is 9.47 Å².